The maximum absolute atomic E-state index is 12.9. The van der Waals surface area contributed by atoms with E-state index in [0.717, 1.165) is 30.3 Å². The van der Waals surface area contributed by atoms with Gasteiger partial charge in [-0.1, -0.05) is 12.1 Å². The van der Waals surface area contributed by atoms with Gasteiger partial charge in [0.05, 0.1) is 17.0 Å². The molecule has 5 nitrogen and oxygen atoms in total. The minimum atomic E-state index is -4.71. The van der Waals surface area contributed by atoms with Crippen molar-refractivity contribution in [3.8, 4) is 0 Å². The van der Waals surface area contributed by atoms with Crippen molar-refractivity contribution >= 4 is 21.6 Å². The van der Waals surface area contributed by atoms with E-state index in [1.807, 2.05) is 0 Å². The molecule has 2 aromatic rings. The molecule has 0 aromatic heterocycles. The van der Waals surface area contributed by atoms with Crippen molar-refractivity contribution in [1.82, 2.24) is 4.31 Å². The second-order valence-electron chi connectivity index (χ2n) is 5.67. The van der Waals surface area contributed by atoms with Crippen LogP contribution in [0.2, 0.25) is 0 Å². The summed E-state index contributed by atoms with van der Waals surface area (Å²) in [5.41, 5.74) is -0.885. The molecular weight excluding hydrogens is 400 g/mol. The highest BCUT2D eigenvalue weighted by molar-refractivity contribution is 7.89. The Balaban J connectivity index is 2.25. The highest BCUT2D eigenvalue weighted by atomic mass is 32.2. The van der Waals surface area contributed by atoms with E-state index >= 15 is 0 Å². The molecule has 1 amide bonds. The number of benzene rings is 2. The summed E-state index contributed by atoms with van der Waals surface area (Å²) in [7, 11) is -4.40. The SMILES string of the molecule is C=CCN(CC(=O)Nc1ccc(F)cc1)S(=O)(=O)c1cccc(C(F)(F)F)c1. The number of hydrogen-bond donors (Lipinski definition) is 1. The Hall–Kier alpha value is -2.72. The molecule has 0 saturated carbocycles. The van der Waals surface area contributed by atoms with Crippen LogP contribution >= 0.6 is 0 Å². The van der Waals surface area contributed by atoms with E-state index < -0.39 is 44.9 Å². The number of sulfonamides is 1. The fourth-order valence-corrected chi connectivity index (χ4v) is 3.68. The van der Waals surface area contributed by atoms with E-state index in [4.69, 9.17) is 0 Å². The van der Waals surface area contributed by atoms with E-state index in [0.29, 0.717) is 10.4 Å². The smallest absolute Gasteiger partial charge is 0.325 e. The second-order valence-corrected chi connectivity index (χ2v) is 7.60. The quantitative estimate of drug-likeness (QED) is 0.553. The van der Waals surface area contributed by atoms with Gasteiger partial charge in [0.25, 0.3) is 0 Å². The van der Waals surface area contributed by atoms with Gasteiger partial charge in [0.2, 0.25) is 15.9 Å². The predicted octanol–water partition coefficient (Wildman–Crippen LogP) is 3.66. The van der Waals surface area contributed by atoms with Crippen molar-refractivity contribution in [2.75, 3.05) is 18.4 Å². The van der Waals surface area contributed by atoms with Crippen LogP contribution < -0.4 is 5.32 Å². The fourth-order valence-electron chi connectivity index (χ4n) is 2.27. The molecule has 1 N–H and O–H groups in total. The lowest BCUT2D eigenvalue weighted by Crippen LogP contribution is -2.38. The number of amides is 1. The monoisotopic (exact) mass is 416 g/mol. The number of halogens is 4. The van der Waals surface area contributed by atoms with Crippen LogP contribution in [0.1, 0.15) is 5.56 Å². The highest BCUT2D eigenvalue weighted by Crippen LogP contribution is 2.31. The molecule has 10 heteroatoms. The van der Waals surface area contributed by atoms with Gasteiger partial charge in [-0.25, -0.2) is 12.8 Å². The summed E-state index contributed by atoms with van der Waals surface area (Å²) in [6.45, 7) is 2.45. The zero-order valence-corrected chi connectivity index (χ0v) is 15.2. The number of nitrogens with one attached hydrogen (secondary N) is 1. The van der Waals surface area contributed by atoms with E-state index in [1.165, 1.54) is 18.2 Å². The number of carbonyl (C=O) groups excluding carboxylic acids is 1. The Labute approximate surface area is 159 Å². The third-order valence-electron chi connectivity index (χ3n) is 3.58. The van der Waals surface area contributed by atoms with Crippen LogP contribution in [0, 0.1) is 5.82 Å². The second kappa shape index (κ2) is 8.53. The van der Waals surface area contributed by atoms with E-state index in [-0.39, 0.29) is 12.2 Å². The maximum Gasteiger partial charge on any atom is 0.416 e. The number of carbonyl (C=O) groups is 1. The number of hydrogen-bond acceptors (Lipinski definition) is 3. The zero-order valence-electron chi connectivity index (χ0n) is 14.4. The summed E-state index contributed by atoms with van der Waals surface area (Å²) in [4.78, 5) is 11.6. The molecule has 0 unspecified atom stereocenters. The topological polar surface area (TPSA) is 66.5 Å². The average molecular weight is 416 g/mol. The Morgan fingerprint density at radius 3 is 2.36 bits per heavy atom. The number of alkyl halides is 3. The van der Waals surface area contributed by atoms with Crippen molar-refractivity contribution in [3.63, 3.8) is 0 Å². The Morgan fingerprint density at radius 2 is 1.79 bits per heavy atom. The van der Waals surface area contributed by atoms with Gasteiger partial charge in [0.15, 0.2) is 0 Å². The summed E-state index contributed by atoms with van der Waals surface area (Å²) in [6, 6.07) is 8.02. The van der Waals surface area contributed by atoms with Crippen LogP contribution in [-0.2, 0) is 21.0 Å². The first-order valence-electron chi connectivity index (χ1n) is 7.88. The molecule has 150 valence electrons. The number of anilines is 1. The van der Waals surface area contributed by atoms with Gasteiger partial charge in [-0.05, 0) is 42.5 Å². The zero-order chi connectivity index (χ0) is 20.9. The van der Waals surface area contributed by atoms with E-state index in [1.54, 1.807) is 0 Å². The van der Waals surface area contributed by atoms with Gasteiger partial charge in [0, 0.05) is 12.2 Å². The molecule has 0 fully saturated rings. The summed E-state index contributed by atoms with van der Waals surface area (Å²) in [5.74, 6) is -1.26. The van der Waals surface area contributed by atoms with Crippen LogP contribution in [0.15, 0.2) is 66.1 Å². The molecule has 0 radical (unpaired) electrons. The number of rotatable bonds is 7. The molecule has 0 bridgehead atoms. The lowest BCUT2D eigenvalue weighted by atomic mass is 10.2. The van der Waals surface area contributed by atoms with E-state index in [2.05, 4.69) is 11.9 Å². The van der Waals surface area contributed by atoms with Crippen LogP contribution in [0.25, 0.3) is 0 Å². The number of nitrogens with zero attached hydrogens (tertiary/aromatic N) is 1. The van der Waals surface area contributed by atoms with Gasteiger partial charge in [-0.3, -0.25) is 4.79 Å². The predicted molar refractivity (Wildman–Crippen MR) is 95.4 cm³/mol. The van der Waals surface area contributed by atoms with Crippen LogP contribution in [-0.4, -0.2) is 31.7 Å². The first-order chi connectivity index (χ1) is 13.0. The molecule has 0 heterocycles. The first kappa shape index (κ1) is 21.6. The normalized spacial score (nSPS) is 12.0. The summed E-state index contributed by atoms with van der Waals surface area (Å²) in [6.07, 6.45) is -3.51. The van der Waals surface area contributed by atoms with Crippen molar-refractivity contribution in [2.45, 2.75) is 11.1 Å². The summed E-state index contributed by atoms with van der Waals surface area (Å²) >= 11 is 0. The van der Waals surface area contributed by atoms with Crippen molar-refractivity contribution in [1.29, 1.82) is 0 Å². The molecule has 0 saturated heterocycles. The van der Waals surface area contributed by atoms with Crippen LogP contribution in [0.3, 0.4) is 0 Å². The fraction of sp³-hybridized carbons (Fsp3) is 0.167. The minimum absolute atomic E-state index is 0.237. The lowest BCUT2D eigenvalue weighted by molar-refractivity contribution is -0.137. The molecular formula is C18H16F4N2O3S. The van der Waals surface area contributed by atoms with Gasteiger partial charge in [-0.15, -0.1) is 6.58 Å². The van der Waals surface area contributed by atoms with Gasteiger partial charge < -0.3 is 5.32 Å². The van der Waals surface area contributed by atoms with Crippen LogP contribution in [0.4, 0.5) is 23.2 Å². The van der Waals surface area contributed by atoms with Crippen LogP contribution in [0.5, 0.6) is 0 Å². The lowest BCUT2D eigenvalue weighted by Gasteiger charge is -2.21. The molecule has 0 atom stereocenters. The Morgan fingerprint density at radius 1 is 1.14 bits per heavy atom. The summed E-state index contributed by atoms with van der Waals surface area (Å²) < 4.78 is 77.6. The Bertz CT molecular complexity index is 958. The Kier molecular flexibility index (Phi) is 6.57. The van der Waals surface area contributed by atoms with Crippen molar-refractivity contribution < 1.29 is 30.8 Å². The van der Waals surface area contributed by atoms with E-state index in [9.17, 15) is 30.8 Å². The van der Waals surface area contributed by atoms with Crippen molar-refractivity contribution in [3.05, 3.63) is 72.6 Å². The maximum atomic E-state index is 12.9. The van der Waals surface area contributed by atoms with Gasteiger partial charge in [-0.2, -0.15) is 17.5 Å². The first-order valence-corrected chi connectivity index (χ1v) is 9.32. The summed E-state index contributed by atoms with van der Waals surface area (Å²) in [5, 5.41) is 2.39. The molecule has 0 spiro atoms. The third-order valence-corrected chi connectivity index (χ3v) is 5.39. The average Bonchev–Trinajstić information content (AvgIpc) is 2.62. The standard InChI is InChI=1S/C18H16F4N2O3S/c1-2-10-24(12-17(25)23-15-8-6-14(19)7-9-15)28(26,27)16-5-3-4-13(11-16)18(20,21)22/h2-9,11H,1,10,12H2,(H,23,25). The third kappa shape index (κ3) is 5.40. The van der Waals surface area contributed by atoms with Gasteiger partial charge in [0.1, 0.15) is 5.82 Å². The molecule has 2 aromatic carbocycles. The minimum Gasteiger partial charge on any atom is -0.325 e. The van der Waals surface area contributed by atoms with Gasteiger partial charge >= 0.3 is 6.18 Å². The molecule has 0 aliphatic rings. The molecule has 28 heavy (non-hydrogen) atoms. The molecule has 2 rings (SSSR count). The van der Waals surface area contributed by atoms with Crippen molar-refractivity contribution in [2.24, 2.45) is 0 Å². The molecule has 0 aliphatic carbocycles. The molecule has 0 aliphatic heterocycles. The highest BCUT2D eigenvalue weighted by Gasteiger charge is 2.33. The largest absolute Gasteiger partial charge is 0.416 e.